The van der Waals surface area contributed by atoms with Gasteiger partial charge in [0.15, 0.2) is 0 Å². The summed E-state index contributed by atoms with van der Waals surface area (Å²) < 4.78 is 5.19. The number of rotatable bonds is 5. The van der Waals surface area contributed by atoms with Crippen molar-refractivity contribution in [2.24, 2.45) is 0 Å². The van der Waals surface area contributed by atoms with Gasteiger partial charge in [0, 0.05) is 11.8 Å². The first kappa shape index (κ1) is 13.5. The maximum absolute atomic E-state index is 11.9. The first-order chi connectivity index (χ1) is 9.19. The highest BCUT2D eigenvalue weighted by molar-refractivity contribution is 7.09. The van der Waals surface area contributed by atoms with Gasteiger partial charge in [-0.15, -0.1) is 11.3 Å². The van der Waals surface area contributed by atoms with E-state index in [9.17, 15) is 4.79 Å². The van der Waals surface area contributed by atoms with Gasteiger partial charge in [0.05, 0.1) is 23.5 Å². The molecule has 4 nitrogen and oxygen atoms in total. The summed E-state index contributed by atoms with van der Waals surface area (Å²) in [5, 5.41) is 5.87. The van der Waals surface area contributed by atoms with Crippen LogP contribution in [0.3, 0.4) is 0 Å². The van der Waals surface area contributed by atoms with E-state index in [0.717, 1.165) is 10.7 Å². The molecule has 1 aromatic heterocycles. The molecule has 0 aliphatic rings. The van der Waals surface area contributed by atoms with Crippen LogP contribution in [-0.4, -0.2) is 18.0 Å². The van der Waals surface area contributed by atoms with Crippen LogP contribution in [0.5, 0.6) is 5.75 Å². The summed E-state index contributed by atoms with van der Waals surface area (Å²) in [7, 11) is 1.59. The summed E-state index contributed by atoms with van der Waals surface area (Å²) in [6, 6.07) is 7.37. The minimum atomic E-state index is -0.0323. The average molecular weight is 276 g/mol. The Kier molecular flexibility index (Phi) is 4.52. The zero-order valence-electron chi connectivity index (χ0n) is 11.0. The van der Waals surface area contributed by atoms with Crippen molar-refractivity contribution in [2.75, 3.05) is 12.4 Å². The number of carbonyl (C=O) groups excluding carboxylic acids is 1. The molecule has 1 N–H and O–H groups in total. The number of anilines is 1. The fraction of sp³-hybridized carbons (Fsp3) is 0.286. The van der Waals surface area contributed by atoms with Crippen molar-refractivity contribution in [3.8, 4) is 5.75 Å². The Hall–Kier alpha value is -1.88. The molecule has 2 aromatic rings. The average Bonchev–Trinajstić information content (AvgIpc) is 2.83. The van der Waals surface area contributed by atoms with Crippen molar-refractivity contribution >= 4 is 22.9 Å². The lowest BCUT2D eigenvalue weighted by molar-refractivity contribution is -0.116. The highest BCUT2D eigenvalue weighted by Crippen LogP contribution is 2.23. The topological polar surface area (TPSA) is 51.2 Å². The lowest BCUT2D eigenvalue weighted by atomic mass is 10.2. The Morgan fingerprint density at radius 2 is 2.21 bits per heavy atom. The maximum Gasteiger partial charge on any atom is 0.224 e. The van der Waals surface area contributed by atoms with Crippen LogP contribution in [0.15, 0.2) is 29.6 Å². The third kappa shape index (κ3) is 3.79. The molecule has 0 atom stereocenters. The van der Waals surface area contributed by atoms with Gasteiger partial charge in [0.1, 0.15) is 5.75 Å². The molecule has 5 heteroatoms. The van der Waals surface area contributed by atoms with Gasteiger partial charge in [0.25, 0.3) is 0 Å². The number of ether oxygens (including phenoxy) is 1. The summed E-state index contributed by atoms with van der Waals surface area (Å²) in [6.07, 6.45) is 1.08. The van der Waals surface area contributed by atoms with E-state index in [1.807, 2.05) is 36.6 Å². The molecule has 100 valence electrons. The third-order valence-electron chi connectivity index (χ3n) is 2.66. The number of amides is 1. The van der Waals surface area contributed by atoms with Crippen molar-refractivity contribution in [2.45, 2.75) is 19.8 Å². The van der Waals surface area contributed by atoms with E-state index < -0.39 is 0 Å². The quantitative estimate of drug-likeness (QED) is 0.913. The zero-order chi connectivity index (χ0) is 13.7. The molecular weight excluding hydrogens is 260 g/mol. The Balaban J connectivity index is 1.90. The highest BCUT2D eigenvalue weighted by Gasteiger charge is 2.08. The largest absolute Gasteiger partial charge is 0.495 e. The molecule has 0 saturated carbocycles. The van der Waals surface area contributed by atoms with E-state index in [2.05, 4.69) is 10.3 Å². The molecule has 0 spiro atoms. The van der Waals surface area contributed by atoms with Crippen molar-refractivity contribution in [1.82, 2.24) is 4.98 Å². The van der Waals surface area contributed by atoms with E-state index in [1.54, 1.807) is 18.4 Å². The standard InChI is InChI=1S/C14H16N2O2S/c1-10-15-11(9-19-10)7-8-14(17)16-12-5-3-4-6-13(12)18-2/h3-6,9H,7-8H2,1-2H3,(H,16,17). The minimum Gasteiger partial charge on any atom is -0.495 e. The van der Waals surface area contributed by atoms with Crippen LogP contribution in [0.4, 0.5) is 5.69 Å². The predicted molar refractivity (Wildman–Crippen MR) is 76.8 cm³/mol. The van der Waals surface area contributed by atoms with E-state index in [1.165, 1.54) is 0 Å². The number of aromatic nitrogens is 1. The second kappa shape index (κ2) is 6.33. The second-order valence-electron chi connectivity index (χ2n) is 4.11. The first-order valence-corrected chi connectivity index (χ1v) is 6.91. The van der Waals surface area contributed by atoms with Gasteiger partial charge in [-0.2, -0.15) is 0 Å². The molecule has 2 rings (SSSR count). The number of hydrogen-bond donors (Lipinski definition) is 1. The molecule has 1 aromatic carbocycles. The Labute approximate surface area is 116 Å². The molecule has 1 amide bonds. The van der Waals surface area contributed by atoms with Crippen LogP contribution in [0, 0.1) is 6.92 Å². The van der Waals surface area contributed by atoms with Gasteiger partial charge < -0.3 is 10.1 Å². The van der Waals surface area contributed by atoms with E-state index in [0.29, 0.717) is 24.3 Å². The van der Waals surface area contributed by atoms with Gasteiger partial charge in [-0.05, 0) is 25.5 Å². The number of para-hydroxylation sites is 2. The van der Waals surface area contributed by atoms with E-state index in [4.69, 9.17) is 4.74 Å². The number of carbonyl (C=O) groups is 1. The SMILES string of the molecule is COc1ccccc1NC(=O)CCc1csc(C)n1. The lowest BCUT2D eigenvalue weighted by Gasteiger charge is -2.09. The molecule has 1 heterocycles. The third-order valence-corrected chi connectivity index (χ3v) is 3.48. The number of benzene rings is 1. The van der Waals surface area contributed by atoms with Gasteiger partial charge in [-0.25, -0.2) is 4.98 Å². The summed E-state index contributed by atoms with van der Waals surface area (Å²) in [5.41, 5.74) is 1.67. The fourth-order valence-corrected chi connectivity index (χ4v) is 2.37. The van der Waals surface area contributed by atoms with Crippen LogP contribution >= 0.6 is 11.3 Å². The Bertz CT molecular complexity index is 566. The minimum absolute atomic E-state index is 0.0323. The summed E-state index contributed by atoms with van der Waals surface area (Å²) in [5.74, 6) is 0.635. The van der Waals surface area contributed by atoms with Crippen molar-refractivity contribution in [1.29, 1.82) is 0 Å². The first-order valence-electron chi connectivity index (χ1n) is 6.03. The van der Waals surface area contributed by atoms with E-state index in [-0.39, 0.29) is 5.91 Å². The molecular formula is C14H16N2O2S. The molecule has 19 heavy (non-hydrogen) atoms. The number of thiazole rings is 1. The monoisotopic (exact) mass is 276 g/mol. The maximum atomic E-state index is 11.9. The van der Waals surface area contributed by atoms with Crippen molar-refractivity contribution < 1.29 is 9.53 Å². The number of nitrogens with one attached hydrogen (secondary N) is 1. The summed E-state index contributed by atoms with van der Waals surface area (Å²) in [4.78, 5) is 16.2. The molecule has 0 unspecified atom stereocenters. The van der Waals surface area contributed by atoms with Crippen LogP contribution in [-0.2, 0) is 11.2 Å². The van der Waals surface area contributed by atoms with Gasteiger partial charge >= 0.3 is 0 Å². The van der Waals surface area contributed by atoms with Crippen LogP contribution < -0.4 is 10.1 Å². The zero-order valence-corrected chi connectivity index (χ0v) is 11.8. The smallest absolute Gasteiger partial charge is 0.224 e. The number of nitrogens with zero attached hydrogens (tertiary/aromatic N) is 1. The molecule has 0 fully saturated rings. The van der Waals surface area contributed by atoms with Crippen molar-refractivity contribution in [3.05, 3.63) is 40.3 Å². The molecule has 0 saturated heterocycles. The van der Waals surface area contributed by atoms with Gasteiger partial charge in [-0.3, -0.25) is 4.79 Å². The van der Waals surface area contributed by atoms with E-state index >= 15 is 0 Å². The fourth-order valence-electron chi connectivity index (χ4n) is 1.73. The second-order valence-corrected chi connectivity index (χ2v) is 5.17. The molecule has 0 radical (unpaired) electrons. The molecule has 0 aliphatic heterocycles. The summed E-state index contributed by atoms with van der Waals surface area (Å²) in [6.45, 7) is 1.96. The normalized spacial score (nSPS) is 10.2. The highest BCUT2D eigenvalue weighted by atomic mass is 32.1. The number of methoxy groups -OCH3 is 1. The molecule has 0 aliphatic carbocycles. The van der Waals surface area contributed by atoms with Crippen LogP contribution in [0.1, 0.15) is 17.1 Å². The lowest BCUT2D eigenvalue weighted by Crippen LogP contribution is -2.13. The van der Waals surface area contributed by atoms with Gasteiger partial charge in [0.2, 0.25) is 5.91 Å². The van der Waals surface area contributed by atoms with Crippen molar-refractivity contribution in [3.63, 3.8) is 0 Å². The number of hydrogen-bond acceptors (Lipinski definition) is 4. The summed E-state index contributed by atoms with van der Waals surface area (Å²) >= 11 is 1.60. The Morgan fingerprint density at radius 1 is 1.42 bits per heavy atom. The predicted octanol–water partition coefficient (Wildman–Crippen LogP) is 3.03. The molecule has 0 bridgehead atoms. The van der Waals surface area contributed by atoms with Crippen LogP contribution in [0.2, 0.25) is 0 Å². The van der Waals surface area contributed by atoms with Gasteiger partial charge in [-0.1, -0.05) is 12.1 Å². The van der Waals surface area contributed by atoms with Crippen LogP contribution in [0.25, 0.3) is 0 Å². The number of aryl methyl sites for hydroxylation is 2. The Morgan fingerprint density at radius 3 is 2.89 bits per heavy atom.